The second kappa shape index (κ2) is 11.5. The fourth-order valence-corrected chi connectivity index (χ4v) is 3.19. The highest BCUT2D eigenvalue weighted by atomic mass is 16.5. The topological polar surface area (TPSA) is 78.1 Å². The van der Waals surface area contributed by atoms with Crippen LogP contribution in [0, 0.1) is 0 Å². The maximum Gasteiger partial charge on any atom is 0.188 e. The monoisotopic (exact) mass is 419 g/mol. The number of rotatable bonds is 10. The zero-order valence-electron chi connectivity index (χ0n) is 18.0. The quantitative estimate of drug-likeness (QED) is 0.296. The van der Waals surface area contributed by atoms with Crippen LogP contribution in [-0.4, -0.2) is 39.9 Å². The fourth-order valence-electron chi connectivity index (χ4n) is 3.19. The summed E-state index contributed by atoms with van der Waals surface area (Å²) in [6.45, 7) is 1.62. The maximum absolute atomic E-state index is 5.98. The number of nitrogens with zero attached hydrogens (tertiary/aromatic N) is 1. The van der Waals surface area contributed by atoms with Crippen LogP contribution in [0.5, 0.6) is 17.2 Å². The van der Waals surface area contributed by atoms with E-state index >= 15 is 0 Å². The van der Waals surface area contributed by atoms with Gasteiger partial charge in [0.2, 0.25) is 0 Å². The number of ether oxygens (including phenoxy) is 3. The highest BCUT2D eigenvalue weighted by molar-refractivity contribution is 5.77. The molecule has 0 fully saturated rings. The van der Waals surface area contributed by atoms with Crippen molar-refractivity contribution in [3.05, 3.63) is 78.4 Å². The van der Waals surface area contributed by atoms with Crippen LogP contribution in [0.2, 0.25) is 0 Å². The first-order valence-corrected chi connectivity index (χ1v) is 10.2. The second-order valence-corrected chi connectivity index (χ2v) is 6.84. The minimum atomic E-state index is 0.403. The predicted molar refractivity (Wildman–Crippen MR) is 125 cm³/mol. The van der Waals surface area contributed by atoms with Crippen LogP contribution in [0.4, 0.5) is 0 Å². The molecule has 3 aromatic carbocycles. The first-order chi connectivity index (χ1) is 15.2. The van der Waals surface area contributed by atoms with Crippen LogP contribution in [0.15, 0.2) is 77.8 Å². The molecule has 3 aromatic rings. The lowest BCUT2D eigenvalue weighted by Crippen LogP contribution is -2.35. The molecular formula is C25H29N3O3. The van der Waals surface area contributed by atoms with Gasteiger partial charge in [-0.2, -0.15) is 0 Å². The number of benzene rings is 3. The zero-order chi connectivity index (χ0) is 21.9. The number of hydrogen-bond donors (Lipinski definition) is 2. The van der Waals surface area contributed by atoms with Crippen LogP contribution >= 0.6 is 0 Å². The van der Waals surface area contributed by atoms with Crippen molar-refractivity contribution in [2.45, 2.75) is 6.42 Å². The first-order valence-electron chi connectivity index (χ1n) is 10.2. The Hall–Kier alpha value is -3.67. The minimum Gasteiger partial charge on any atom is -0.493 e. The minimum absolute atomic E-state index is 0.403. The summed E-state index contributed by atoms with van der Waals surface area (Å²) in [7, 11) is 3.25. The van der Waals surface area contributed by atoms with Gasteiger partial charge in [-0.1, -0.05) is 54.6 Å². The van der Waals surface area contributed by atoms with Crippen molar-refractivity contribution in [3.8, 4) is 28.4 Å². The molecular weight excluding hydrogens is 390 g/mol. The Bertz CT molecular complexity index is 990. The van der Waals surface area contributed by atoms with E-state index in [1.807, 2.05) is 54.6 Å². The number of nitrogens with one attached hydrogen (secondary N) is 1. The molecule has 0 spiro atoms. The van der Waals surface area contributed by atoms with Crippen LogP contribution in [0.25, 0.3) is 11.1 Å². The summed E-state index contributed by atoms with van der Waals surface area (Å²) in [5.74, 6) is 2.67. The molecule has 0 aliphatic rings. The van der Waals surface area contributed by atoms with Gasteiger partial charge in [0, 0.05) is 12.1 Å². The third-order valence-corrected chi connectivity index (χ3v) is 4.77. The summed E-state index contributed by atoms with van der Waals surface area (Å²) >= 11 is 0. The number of aliphatic imine (C=N–C) groups is 1. The smallest absolute Gasteiger partial charge is 0.188 e. The maximum atomic E-state index is 5.98. The van der Waals surface area contributed by atoms with Gasteiger partial charge in [0.25, 0.3) is 0 Å². The normalized spacial score (nSPS) is 11.1. The Morgan fingerprint density at radius 3 is 2.39 bits per heavy atom. The SMILES string of the molecule is COc1ccc(CCN=C(N)NCCOc2ccccc2-c2ccccc2)cc1OC. The van der Waals surface area contributed by atoms with Crippen molar-refractivity contribution < 1.29 is 14.2 Å². The van der Waals surface area contributed by atoms with Gasteiger partial charge >= 0.3 is 0 Å². The van der Waals surface area contributed by atoms with Gasteiger partial charge < -0.3 is 25.3 Å². The molecule has 0 aliphatic heterocycles. The molecule has 162 valence electrons. The highest BCUT2D eigenvalue weighted by Crippen LogP contribution is 2.29. The molecule has 0 saturated heterocycles. The van der Waals surface area contributed by atoms with Gasteiger partial charge in [0.05, 0.1) is 20.8 Å². The van der Waals surface area contributed by atoms with Crippen molar-refractivity contribution in [1.82, 2.24) is 5.32 Å². The summed E-state index contributed by atoms with van der Waals surface area (Å²) in [5, 5.41) is 3.10. The zero-order valence-corrected chi connectivity index (χ0v) is 18.0. The van der Waals surface area contributed by atoms with Crippen molar-refractivity contribution >= 4 is 5.96 Å². The molecule has 0 amide bonds. The Labute approximate surface area is 183 Å². The van der Waals surface area contributed by atoms with Gasteiger partial charge in [-0.3, -0.25) is 4.99 Å². The summed E-state index contributed by atoms with van der Waals surface area (Å²) < 4.78 is 16.6. The van der Waals surface area contributed by atoms with Gasteiger partial charge in [0.15, 0.2) is 17.5 Å². The Morgan fingerprint density at radius 2 is 1.61 bits per heavy atom. The Balaban J connectivity index is 1.45. The molecule has 6 nitrogen and oxygen atoms in total. The molecule has 0 aliphatic carbocycles. The van der Waals surface area contributed by atoms with Gasteiger partial charge in [-0.15, -0.1) is 0 Å². The van der Waals surface area contributed by atoms with Gasteiger partial charge in [-0.05, 0) is 35.7 Å². The number of hydrogen-bond acceptors (Lipinski definition) is 4. The molecule has 0 atom stereocenters. The molecule has 0 aromatic heterocycles. The van der Waals surface area contributed by atoms with E-state index in [-0.39, 0.29) is 0 Å². The average Bonchev–Trinajstić information content (AvgIpc) is 2.82. The lowest BCUT2D eigenvalue weighted by atomic mass is 10.1. The predicted octanol–water partition coefficient (Wildman–Crippen LogP) is 3.90. The molecule has 6 heteroatoms. The molecule has 3 rings (SSSR count). The van der Waals surface area contributed by atoms with Crippen LogP contribution in [0.3, 0.4) is 0 Å². The molecule has 0 unspecified atom stereocenters. The highest BCUT2D eigenvalue weighted by Gasteiger charge is 2.06. The van der Waals surface area contributed by atoms with Crippen molar-refractivity contribution in [2.75, 3.05) is 33.9 Å². The average molecular weight is 420 g/mol. The molecule has 3 N–H and O–H groups in total. The van der Waals surface area contributed by atoms with Crippen molar-refractivity contribution in [2.24, 2.45) is 10.7 Å². The summed E-state index contributed by atoms with van der Waals surface area (Å²) in [6.07, 6.45) is 0.754. The van der Waals surface area contributed by atoms with Crippen molar-refractivity contribution in [3.63, 3.8) is 0 Å². The summed E-state index contributed by atoms with van der Waals surface area (Å²) in [6, 6.07) is 24.1. The van der Waals surface area contributed by atoms with Crippen LogP contribution in [-0.2, 0) is 6.42 Å². The Kier molecular flexibility index (Phi) is 8.17. The number of methoxy groups -OCH3 is 2. The van der Waals surface area contributed by atoms with E-state index in [2.05, 4.69) is 28.5 Å². The third-order valence-electron chi connectivity index (χ3n) is 4.77. The van der Waals surface area contributed by atoms with E-state index in [9.17, 15) is 0 Å². The van der Waals surface area contributed by atoms with E-state index in [0.29, 0.717) is 37.2 Å². The second-order valence-electron chi connectivity index (χ2n) is 6.84. The van der Waals surface area contributed by atoms with Gasteiger partial charge in [-0.25, -0.2) is 0 Å². The van der Waals surface area contributed by atoms with Crippen LogP contribution < -0.4 is 25.3 Å². The van der Waals surface area contributed by atoms with Crippen molar-refractivity contribution in [1.29, 1.82) is 0 Å². The molecule has 0 bridgehead atoms. The van der Waals surface area contributed by atoms with E-state index in [1.165, 1.54) is 0 Å². The lowest BCUT2D eigenvalue weighted by Gasteiger charge is -2.12. The molecule has 31 heavy (non-hydrogen) atoms. The Morgan fingerprint density at radius 1 is 0.871 bits per heavy atom. The summed E-state index contributed by atoms with van der Waals surface area (Å²) in [5.41, 5.74) is 9.28. The van der Waals surface area contributed by atoms with E-state index in [4.69, 9.17) is 19.9 Å². The lowest BCUT2D eigenvalue weighted by molar-refractivity contribution is 0.323. The molecule has 0 radical (unpaired) electrons. The standard InChI is InChI=1S/C25H29N3O3/c1-29-23-13-12-19(18-24(23)30-2)14-15-27-25(26)28-16-17-31-22-11-7-6-10-21(22)20-8-4-3-5-9-20/h3-13,18H,14-17H2,1-2H3,(H3,26,27,28). The molecule has 0 saturated carbocycles. The first kappa shape index (κ1) is 22.0. The van der Waals surface area contributed by atoms with E-state index in [1.54, 1.807) is 14.2 Å². The third kappa shape index (κ3) is 6.40. The largest absolute Gasteiger partial charge is 0.493 e. The summed E-state index contributed by atoms with van der Waals surface area (Å²) in [4.78, 5) is 4.38. The molecule has 0 heterocycles. The number of para-hydroxylation sites is 1. The number of guanidine groups is 1. The van der Waals surface area contributed by atoms with E-state index < -0.39 is 0 Å². The number of nitrogens with two attached hydrogens (primary N) is 1. The van der Waals surface area contributed by atoms with E-state index in [0.717, 1.165) is 28.9 Å². The van der Waals surface area contributed by atoms with Gasteiger partial charge in [0.1, 0.15) is 12.4 Å². The fraction of sp³-hybridized carbons (Fsp3) is 0.240. The van der Waals surface area contributed by atoms with Crippen LogP contribution in [0.1, 0.15) is 5.56 Å².